The average molecular weight is 266 g/mol. The summed E-state index contributed by atoms with van der Waals surface area (Å²) < 4.78 is 5.17. The second-order valence-electron chi connectivity index (χ2n) is 6.76. The molecule has 2 nitrogen and oxygen atoms in total. The predicted molar refractivity (Wildman–Crippen MR) is 77.9 cm³/mol. The molecule has 19 heavy (non-hydrogen) atoms. The first kappa shape index (κ1) is 14.9. The van der Waals surface area contributed by atoms with Crippen molar-refractivity contribution in [1.82, 2.24) is 0 Å². The lowest BCUT2D eigenvalue weighted by molar-refractivity contribution is -0.150. The Bertz CT molecular complexity index is 280. The monoisotopic (exact) mass is 266 g/mol. The summed E-state index contributed by atoms with van der Waals surface area (Å²) >= 11 is 0. The second kappa shape index (κ2) is 6.76. The number of hydrogen-bond donors (Lipinski definition) is 0. The summed E-state index contributed by atoms with van der Waals surface area (Å²) in [6.45, 7) is 4.73. The van der Waals surface area contributed by atoms with Gasteiger partial charge in [-0.15, -0.1) is 0 Å². The summed E-state index contributed by atoms with van der Waals surface area (Å²) in [6.07, 6.45) is 13.1. The molecule has 0 aliphatic heterocycles. The Hall–Kier alpha value is -0.530. The van der Waals surface area contributed by atoms with E-state index in [1.807, 2.05) is 6.92 Å². The molecule has 0 aromatic carbocycles. The van der Waals surface area contributed by atoms with Crippen LogP contribution in [0.1, 0.15) is 78.1 Å². The molecule has 2 saturated carbocycles. The fourth-order valence-electron chi connectivity index (χ4n) is 4.21. The molecular formula is C17H30O2. The van der Waals surface area contributed by atoms with Crippen LogP contribution >= 0.6 is 0 Å². The molecule has 0 amide bonds. The minimum absolute atomic E-state index is 0.0528. The third-order valence-electron chi connectivity index (χ3n) is 5.53. The molecule has 110 valence electrons. The number of carbonyl (C=O) groups excluding carboxylic acids is 1. The minimum Gasteiger partial charge on any atom is -0.466 e. The van der Waals surface area contributed by atoms with E-state index in [9.17, 15) is 4.79 Å². The second-order valence-corrected chi connectivity index (χ2v) is 6.76. The first-order chi connectivity index (χ1) is 9.19. The highest BCUT2D eigenvalue weighted by Crippen LogP contribution is 2.50. The van der Waals surface area contributed by atoms with Gasteiger partial charge in [0.25, 0.3) is 0 Å². The van der Waals surface area contributed by atoms with Gasteiger partial charge in [-0.25, -0.2) is 0 Å². The maximum absolute atomic E-state index is 11.8. The Morgan fingerprint density at radius 2 is 1.63 bits per heavy atom. The summed E-state index contributed by atoms with van der Waals surface area (Å²) in [5, 5.41) is 0. The van der Waals surface area contributed by atoms with Gasteiger partial charge < -0.3 is 4.74 Å². The van der Waals surface area contributed by atoms with Crippen LogP contribution in [0.5, 0.6) is 0 Å². The van der Waals surface area contributed by atoms with Gasteiger partial charge in [0.1, 0.15) is 0 Å². The highest BCUT2D eigenvalue weighted by molar-refractivity contribution is 5.72. The van der Waals surface area contributed by atoms with Crippen LogP contribution in [0.3, 0.4) is 0 Å². The van der Waals surface area contributed by atoms with E-state index in [1.165, 1.54) is 51.4 Å². The molecule has 0 unspecified atom stereocenters. The molecule has 2 aliphatic rings. The van der Waals surface area contributed by atoms with E-state index in [1.54, 1.807) is 0 Å². The molecule has 0 radical (unpaired) electrons. The van der Waals surface area contributed by atoms with E-state index < -0.39 is 0 Å². The molecule has 1 spiro atoms. The number of hydrogen-bond acceptors (Lipinski definition) is 2. The van der Waals surface area contributed by atoms with Crippen molar-refractivity contribution < 1.29 is 9.53 Å². The third kappa shape index (κ3) is 3.73. The van der Waals surface area contributed by atoms with Gasteiger partial charge >= 0.3 is 5.97 Å². The average Bonchev–Trinajstić information content (AvgIpc) is 2.43. The maximum Gasteiger partial charge on any atom is 0.308 e. The first-order valence-electron chi connectivity index (χ1n) is 8.36. The predicted octanol–water partition coefficient (Wildman–Crippen LogP) is 4.72. The van der Waals surface area contributed by atoms with E-state index >= 15 is 0 Å². The lowest BCUT2D eigenvalue weighted by Crippen LogP contribution is -2.34. The van der Waals surface area contributed by atoms with Gasteiger partial charge in [-0.05, 0) is 69.6 Å². The molecule has 0 N–H and O–H groups in total. The highest BCUT2D eigenvalue weighted by atomic mass is 16.5. The van der Waals surface area contributed by atoms with Gasteiger partial charge in [-0.2, -0.15) is 0 Å². The summed E-state index contributed by atoms with van der Waals surface area (Å²) in [4.78, 5) is 11.8. The Morgan fingerprint density at radius 3 is 2.16 bits per heavy atom. The summed E-state index contributed by atoms with van der Waals surface area (Å²) in [6, 6.07) is 0. The van der Waals surface area contributed by atoms with Crippen molar-refractivity contribution in [2.24, 2.45) is 17.3 Å². The molecule has 0 bridgehead atoms. The van der Waals surface area contributed by atoms with E-state index in [-0.39, 0.29) is 11.9 Å². The Labute approximate surface area is 118 Å². The largest absolute Gasteiger partial charge is 0.466 e. The standard InChI is InChI=1S/C17H30O2/c1-3-5-14-6-10-17(11-7-14)12-8-15(9-13-17)16(18)19-4-2/h14-15H,3-13H2,1-2H3. The number of esters is 1. The Balaban J connectivity index is 1.78. The van der Waals surface area contributed by atoms with Crippen LogP contribution in [0.25, 0.3) is 0 Å². The number of carbonyl (C=O) groups is 1. The van der Waals surface area contributed by atoms with Crippen molar-refractivity contribution in [3.05, 3.63) is 0 Å². The van der Waals surface area contributed by atoms with E-state index in [0.717, 1.165) is 18.8 Å². The Kier molecular flexibility index (Phi) is 5.29. The molecule has 0 atom stereocenters. The van der Waals surface area contributed by atoms with Crippen molar-refractivity contribution in [2.75, 3.05) is 6.61 Å². The van der Waals surface area contributed by atoms with E-state index in [0.29, 0.717) is 12.0 Å². The molecule has 2 fully saturated rings. The van der Waals surface area contributed by atoms with Crippen LogP contribution in [0.2, 0.25) is 0 Å². The fourth-order valence-corrected chi connectivity index (χ4v) is 4.21. The van der Waals surface area contributed by atoms with Gasteiger partial charge in [0.15, 0.2) is 0 Å². The quantitative estimate of drug-likeness (QED) is 0.688. The summed E-state index contributed by atoms with van der Waals surface area (Å²) in [5.41, 5.74) is 0.591. The smallest absolute Gasteiger partial charge is 0.308 e. The van der Waals surface area contributed by atoms with Crippen LogP contribution in [-0.2, 0) is 9.53 Å². The molecule has 2 heteroatoms. The van der Waals surface area contributed by atoms with E-state index in [4.69, 9.17) is 4.74 Å². The fraction of sp³-hybridized carbons (Fsp3) is 0.941. The van der Waals surface area contributed by atoms with Crippen molar-refractivity contribution >= 4 is 5.97 Å². The van der Waals surface area contributed by atoms with Crippen molar-refractivity contribution in [3.63, 3.8) is 0 Å². The van der Waals surface area contributed by atoms with Crippen molar-refractivity contribution in [3.8, 4) is 0 Å². The molecule has 0 aromatic heterocycles. The first-order valence-corrected chi connectivity index (χ1v) is 8.36. The SMILES string of the molecule is CCCC1CCC2(CC1)CCC(C(=O)OCC)CC2. The lowest BCUT2D eigenvalue weighted by atomic mass is 9.61. The third-order valence-corrected chi connectivity index (χ3v) is 5.53. The van der Waals surface area contributed by atoms with Gasteiger partial charge in [0.2, 0.25) is 0 Å². The molecule has 2 aliphatic carbocycles. The zero-order chi connectivity index (χ0) is 13.7. The molecule has 2 rings (SSSR count). The maximum atomic E-state index is 11.8. The van der Waals surface area contributed by atoms with Crippen LogP contribution in [-0.4, -0.2) is 12.6 Å². The summed E-state index contributed by atoms with van der Waals surface area (Å²) in [7, 11) is 0. The van der Waals surface area contributed by atoms with Gasteiger partial charge in [0, 0.05) is 0 Å². The van der Waals surface area contributed by atoms with Crippen LogP contribution in [0.15, 0.2) is 0 Å². The molecular weight excluding hydrogens is 236 g/mol. The molecule has 0 heterocycles. The van der Waals surface area contributed by atoms with E-state index in [2.05, 4.69) is 6.92 Å². The topological polar surface area (TPSA) is 26.3 Å². The Morgan fingerprint density at radius 1 is 1.05 bits per heavy atom. The van der Waals surface area contributed by atoms with Crippen LogP contribution in [0, 0.1) is 17.3 Å². The zero-order valence-corrected chi connectivity index (χ0v) is 12.7. The van der Waals surface area contributed by atoms with Crippen LogP contribution < -0.4 is 0 Å². The molecule has 0 saturated heterocycles. The minimum atomic E-state index is 0.0528. The molecule has 0 aromatic rings. The number of ether oxygens (including phenoxy) is 1. The summed E-state index contributed by atoms with van der Waals surface area (Å²) in [5.74, 6) is 1.23. The van der Waals surface area contributed by atoms with Gasteiger partial charge in [-0.3, -0.25) is 4.79 Å². The lowest BCUT2D eigenvalue weighted by Gasteiger charge is -2.44. The van der Waals surface area contributed by atoms with Crippen LogP contribution in [0.4, 0.5) is 0 Å². The normalized spacial score (nSPS) is 35.3. The number of rotatable bonds is 4. The highest BCUT2D eigenvalue weighted by Gasteiger charge is 2.40. The van der Waals surface area contributed by atoms with Gasteiger partial charge in [0.05, 0.1) is 12.5 Å². The van der Waals surface area contributed by atoms with Gasteiger partial charge in [-0.1, -0.05) is 19.8 Å². The van der Waals surface area contributed by atoms with Crippen molar-refractivity contribution in [2.45, 2.75) is 78.1 Å². The zero-order valence-electron chi connectivity index (χ0n) is 12.7. The van der Waals surface area contributed by atoms with Crippen molar-refractivity contribution in [1.29, 1.82) is 0 Å².